The van der Waals surface area contributed by atoms with E-state index in [9.17, 15) is 0 Å². The van der Waals surface area contributed by atoms with E-state index >= 15 is 0 Å². The Labute approximate surface area is 333 Å². The van der Waals surface area contributed by atoms with E-state index in [1.54, 1.807) is 0 Å². The van der Waals surface area contributed by atoms with Gasteiger partial charge < -0.3 is 0 Å². The van der Waals surface area contributed by atoms with Crippen LogP contribution in [0.5, 0.6) is 0 Å². The van der Waals surface area contributed by atoms with Crippen molar-refractivity contribution in [3.63, 3.8) is 0 Å². The molecule has 0 fully saturated rings. The van der Waals surface area contributed by atoms with Crippen LogP contribution >= 0.6 is 0 Å². The quantitative estimate of drug-likeness (QED) is 0.177. The Morgan fingerprint density at radius 3 is 1.68 bits per heavy atom. The van der Waals surface area contributed by atoms with Crippen LogP contribution in [0.4, 0.5) is 0 Å². The first kappa shape index (κ1) is 32.2. The number of para-hydroxylation sites is 1. The first-order valence-electron chi connectivity index (χ1n) is 20.1. The van der Waals surface area contributed by atoms with Crippen molar-refractivity contribution in [1.29, 1.82) is 0 Å². The van der Waals surface area contributed by atoms with E-state index in [0.29, 0.717) is 0 Å². The van der Waals surface area contributed by atoms with Crippen LogP contribution in [0.2, 0.25) is 0 Å². The zero-order chi connectivity index (χ0) is 37.7. The van der Waals surface area contributed by atoms with Gasteiger partial charge in [0.05, 0.1) is 16.8 Å². The van der Waals surface area contributed by atoms with E-state index in [1.807, 2.05) is 0 Å². The molecule has 0 amide bonds. The third-order valence-corrected chi connectivity index (χ3v) is 12.7. The smallest absolute Gasteiger partial charge is 0.145 e. The summed E-state index contributed by atoms with van der Waals surface area (Å²) in [5.74, 6) is 0.995. The minimum Gasteiger partial charge on any atom is -0.296 e. The number of benzene rings is 8. The van der Waals surface area contributed by atoms with Gasteiger partial charge in [0.1, 0.15) is 5.82 Å². The Balaban J connectivity index is 1.01. The first-order valence-corrected chi connectivity index (χ1v) is 20.1. The number of aryl methyl sites for hydroxylation is 1. The van der Waals surface area contributed by atoms with Crippen molar-refractivity contribution >= 4 is 16.8 Å². The zero-order valence-electron chi connectivity index (χ0n) is 31.7. The van der Waals surface area contributed by atoms with E-state index in [-0.39, 0.29) is 0 Å². The number of hydrogen-bond donors (Lipinski definition) is 0. The van der Waals surface area contributed by atoms with Gasteiger partial charge in [0.25, 0.3) is 0 Å². The molecule has 1 aromatic heterocycles. The van der Waals surface area contributed by atoms with Crippen LogP contribution in [0, 0.1) is 6.92 Å². The molecule has 0 saturated carbocycles. The highest BCUT2D eigenvalue weighted by Crippen LogP contribution is 2.63. The van der Waals surface area contributed by atoms with Crippen LogP contribution in [-0.4, -0.2) is 9.55 Å². The Bertz CT molecular complexity index is 3080. The molecule has 0 unspecified atom stereocenters. The number of fused-ring (bicyclic) bond motifs is 12. The predicted molar refractivity (Wildman–Crippen MR) is 236 cm³/mol. The van der Waals surface area contributed by atoms with Gasteiger partial charge in [0.2, 0.25) is 0 Å². The summed E-state index contributed by atoms with van der Waals surface area (Å²) in [6.45, 7) is 2.15. The highest BCUT2D eigenvalue weighted by Gasteiger charge is 2.51. The fourth-order valence-corrected chi connectivity index (χ4v) is 10.1. The maximum atomic E-state index is 5.19. The zero-order valence-corrected chi connectivity index (χ0v) is 31.7. The molecule has 1 spiro atoms. The lowest BCUT2D eigenvalue weighted by atomic mass is 9.70. The highest BCUT2D eigenvalue weighted by atomic mass is 15.1. The molecule has 2 heteroatoms. The van der Waals surface area contributed by atoms with Crippen LogP contribution < -0.4 is 0 Å². The lowest BCUT2D eigenvalue weighted by Gasteiger charge is -2.31. The van der Waals surface area contributed by atoms with Crippen LogP contribution in [0.1, 0.15) is 45.6 Å². The number of aromatic nitrogens is 2. The van der Waals surface area contributed by atoms with Crippen molar-refractivity contribution in [3.05, 3.63) is 221 Å². The summed E-state index contributed by atoms with van der Waals surface area (Å²) in [4.78, 5) is 5.19. The topological polar surface area (TPSA) is 17.8 Å². The summed E-state index contributed by atoms with van der Waals surface area (Å²) < 4.78 is 2.36. The van der Waals surface area contributed by atoms with E-state index in [4.69, 9.17) is 4.98 Å². The minimum atomic E-state index is -0.421. The van der Waals surface area contributed by atoms with Crippen molar-refractivity contribution in [3.8, 4) is 61.6 Å². The fourth-order valence-electron chi connectivity index (χ4n) is 10.1. The van der Waals surface area contributed by atoms with Gasteiger partial charge in [-0.05, 0) is 140 Å². The molecule has 0 bridgehead atoms. The van der Waals surface area contributed by atoms with Gasteiger partial charge in [-0.1, -0.05) is 151 Å². The maximum Gasteiger partial charge on any atom is 0.145 e. The van der Waals surface area contributed by atoms with Gasteiger partial charge in [-0.25, -0.2) is 4.98 Å². The Hall–Kier alpha value is -7.03. The van der Waals surface area contributed by atoms with E-state index in [1.165, 1.54) is 88.8 Å². The minimum absolute atomic E-state index is 0.421. The second kappa shape index (κ2) is 12.2. The number of nitrogens with zero attached hydrogens (tertiary/aromatic N) is 2. The van der Waals surface area contributed by atoms with Gasteiger partial charge in [-0.2, -0.15) is 0 Å². The number of rotatable bonds is 4. The average Bonchev–Trinajstić information content (AvgIpc) is 3.91. The highest BCUT2D eigenvalue weighted by molar-refractivity contribution is 5.97. The molecular weight excluding hydrogens is 689 g/mol. The summed E-state index contributed by atoms with van der Waals surface area (Å²) in [5.41, 5.74) is 21.2. The average molecular weight is 727 g/mol. The molecule has 0 N–H and O–H groups in total. The van der Waals surface area contributed by atoms with Gasteiger partial charge in [0.15, 0.2) is 0 Å². The van der Waals surface area contributed by atoms with Gasteiger partial charge in [0, 0.05) is 11.3 Å². The lowest BCUT2D eigenvalue weighted by Crippen LogP contribution is -2.26. The van der Waals surface area contributed by atoms with Crippen molar-refractivity contribution in [2.24, 2.45) is 0 Å². The van der Waals surface area contributed by atoms with Crippen molar-refractivity contribution < 1.29 is 0 Å². The molecule has 8 aromatic carbocycles. The summed E-state index contributed by atoms with van der Waals surface area (Å²) in [5, 5.41) is 2.43. The monoisotopic (exact) mass is 726 g/mol. The molecule has 0 radical (unpaired) electrons. The fraction of sp³-hybridized carbons (Fsp3) is 0.0727. The van der Waals surface area contributed by atoms with Crippen molar-refractivity contribution in [1.82, 2.24) is 9.55 Å². The largest absolute Gasteiger partial charge is 0.296 e. The molecule has 9 aromatic rings. The Morgan fingerprint density at radius 1 is 0.474 bits per heavy atom. The Morgan fingerprint density at radius 2 is 1.00 bits per heavy atom. The third kappa shape index (κ3) is 4.68. The third-order valence-electron chi connectivity index (χ3n) is 12.7. The molecular formula is C55H38N2. The summed E-state index contributed by atoms with van der Waals surface area (Å²) >= 11 is 0. The predicted octanol–water partition coefficient (Wildman–Crippen LogP) is 13.6. The second-order valence-electron chi connectivity index (χ2n) is 15.9. The maximum absolute atomic E-state index is 5.19. The molecule has 57 heavy (non-hydrogen) atoms. The van der Waals surface area contributed by atoms with Crippen LogP contribution in [0.25, 0.3) is 78.4 Å². The normalized spacial score (nSPS) is 14.0. The molecule has 0 aliphatic heterocycles. The van der Waals surface area contributed by atoms with Crippen LogP contribution in [0.3, 0.4) is 0 Å². The molecule has 2 nitrogen and oxygen atoms in total. The van der Waals surface area contributed by atoms with Gasteiger partial charge >= 0.3 is 0 Å². The molecule has 0 saturated heterocycles. The van der Waals surface area contributed by atoms with Crippen LogP contribution in [0.15, 0.2) is 182 Å². The van der Waals surface area contributed by atoms with Gasteiger partial charge in [-0.3, -0.25) is 4.57 Å². The standard InChI is InChI=1S/C55H38N2/c1-35-19-21-36(22-20-35)40-27-29-46-47-30-28-41(34-51(47)55(50(46)33-40)48-15-7-5-13-44(48)45-14-6-8-16-49(45)55)38-23-24-39-32-42(26-25-37(39)31-38)54-56-52-17-9-10-18-53(52)57(54)43-11-3-2-4-12-43/h2-9,11-17,19-34H,10,18H2,1H3. The number of allylic oxidation sites excluding steroid dienone is 1. The van der Waals surface area contributed by atoms with Gasteiger partial charge in [-0.15, -0.1) is 0 Å². The van der Waals surface area contributed by atoms with E-state index < -0.39 is 5.41 Å². The molecule has 0 atom stereocenters. The molecule has 3 aliphatic carbocycles. The molecule has 3 aliphatic rings. The van der Waals surface area contributed by atoms with E-state index in [2.05, 4.69) is 200 Å². The Kier molecular flexibility index (Phi) is 6.92. The number of hydrogen-bond acceptors (Lipinski definition) is 1. The van der Waals surface area contributed by atoms with Crippen molar-refractivity contribution in [2.75, 3.05) is 0 Å². The van der Waals surface area contributed by atoms with Crippen molar-refractivity contribution in [2.45, 2.75) is 25.2 Å². The second-order valence-corrected chi connectivity index (χ2v) is 15.9. The van der Waals surface area contributed by atoms with Crippen LogP contribution in [-0.2, 0) is 11.8 Å². The molecule has 268 valence electrons. The van der Waals surface area contributed by atoms with E-state index in [0.717, 1.165) is 35.6 Å². The summed E-state index contributed by atoms with van der Waals surface area (Å²) in [6.07, 6.45) is 6.45. The molecule has 12 rings (SSSR count). The summed E-state index contributed by atoms with van der Waals surface area (Å²) in [6, 6.07) is 65.9. The first-order chi connectivity index (χ1) is 28.1. The lowest BCUT2D eigenvalue weighted by molar-refractivity contribution is 0.794. The SMILES string of the molecule is Cc1ccc(-c2ccc3c(c2)C2(c4ccccc4-c4ccccc42)c2cc(-c4ccc5cc(-c6nc7c(n6-c6ccccc6)CCC=C7)ccc5c4)ccc2-3)cc1. The molecule has 1 heterocycles. The number of imidazole rings is 1. The summed E-state index contributed by atoms with van der Waals surface area (Å²) in [7, 11) is 0.